The van der Waals surface area contributed by atoms with Gasteiger partial charge < -0.3 is 10.5 Å². The number of pyridine rings is 1. The molecule has 0 atom stereocenters. The van der Waals surface area contributed by atoms with E-state index in [2.05, 4.69) is 15.2 Å². The van der Waals surface area contributed by atoms with Crippen LogP contribution in [0, 0.1) is 28.8 Å². The Balaban J connectivity index is 1.84. The summed E-state index contributed by atoms with van der Waals surface area (Å²) in [6, 6.07) is 6.72. The number of primary amides is 1. The number of ether oxygens (including phenoxy) is 1. The Bertz CT molecular complexity index is 1660. The van der Waals surface area contributed by atoms with Gasteiger partial charge >= 0.3 is 0 Å². The second kappa shape index (κ2) is 8.73. The van der Waals surface area contributed by atoms with Crippen molar-refractivity contribution in [1.82, 2.24) is 15.2 Å². The van der Waals surface area contributed by atoms with E-state index in [0.29, 0.717) is 0 Å². The number of aromatic amines is 1. The molecule has 0 bridgehead atoms. The fraction of sp³-hybridized carbons (Fsp3) is 0.0909. The van der Waals surface area contributed by atoms with Crippen LogP contribution in [0.5, 0.6) is 5.88 Å². The number of methoxy groups -OCH3 is 1. The minimum absolute atomic E-state index is 0.00951. The molecular formula is C22H14F3N5O4S. The zero-order chi connectivity index (χ0) is 25.5. The number of nitrogens with zero attached hydrogens (tertiary/aromatic N) is 3. The number of nitrogens with two attached hydrogens (primary N) is 1. The SMILES string of the molecule is COc1ncc(C#N)cc1S(=O)(=O)Cc1ccc(F)c(-c2ccc3c(C(N)=O)[nH]nc3c2F)c1F. The molecule has 0 aliphatic carbocycles. The first-order chi connectivity index (χ1) is 16.6. The maximum Gasteiger partial charge on any atom is 0.267 e. The highest BCUT2D eigenvalue weighted by molar-refractivity contribution is 7.90. The maximum absolute atomic E-state index is 15.4. The van der Waals surface area contributed by atoms with Crippen LogP contribution < -0.4 is 10.5 Å². The first-order valence-electron chi connectivity index (χ1n) is 9.69. The Morgan fingerprint density at radius 2 is 1.94 bits per heavy atom. The molecule has 2 aromatic carbocycles. The molecule has 0 saturated heterocycles. The Labute approximate surface area is 195 Å². The van der Waals surface area contributed by atoms with Gasteiger partial charge in [-0.15, -0.1) is 0 Å². The lowest BCUT2D eigenvalue weighted by atomic mass is 9.99. The summed E-state index contributed by atoms with van der Waals surface area (Å²) in [6.07, 6.45) is 1.10. The van der Waals surface area contributed by atoms with Crippen LogP contribution >= 0.6 is 0 Å². The zero-order valence-corrected chi connectivity index (χ0v) is 18.6. The number of halogens is 3. The van der Waals surface area contributed by atoms with Crippen LogP contribution in [0.2, 0.25) is 0 Å². The summed E-state index contributed by atoms with van der Waals surface area (Å²) in [5, 5.41) is 15.0. The standard InChI is InChI=1S/C22H14F3N5O4S/c1-34-22-15(6-10(7-26)8-28-22)35(32,33)9-11-2-5-14(23)16(17(11)24)12-3-4-13-19(18(12)25)29-30-20(13)21(27)31/h2-6,8H,9H2,1H3,(H2,27,31)(H,29,30). The maximum atomic E-state index is 15.4. The van der Waals surface area contributed by atoms with Crippen LogP contribution in [0.3, 0.4) is 0 Å². The zero-order valence-electron chi connectivity index (χ0n) is 17.8. The smallest absolute Gasteiger partial charge is 0.267 e. The van der Waals surface area contributed by atoms with E-state index < -0.39 is 60.5 Å². The van der Waals surface area contributed by atoms with Gasteiger partial charge in [0.25, 0.3) is 5.91 Å². The van der Waals surface area contributed by atoms with Gasteiger partial charge in [0.15, 0.2) is 15.7 Å². The van der Waals surface area contributed by atoms with Crippen LogP contribution in [0.1, 0.15) is 21.6 Å². The summed E-state index contributed by atoms with van der Waals surface area (Å²) in [4.78, 5) is 14.7. The largest absolute Gasteiger partial charge is 0.480 e. The van der Waals surface area contributed by atoms with Crippen LogP contribution in [-0.4, -0.2) is 36.6 Å². The Hall–Kier alpha value is -4.44. The molecule has 2 heterocycles. The van der Waals surface area contributed by atoms with Gasteiger partial charge in [-0.25, -0.2) is 26.6 Å². The van der Waals surface area contributed by atoms with Crippen molar-refractivity contribution < 1.29 is 31.1 Å². The Morgan fingerprint density at radius 3 is 2.60 bits per heavy atom. The van der Waals surface area contributed by atoms with Crippen molar-refractivity contribution in [2.45, 2.75) is 10.6 Å². The Morgan fingerprint density at radius 1 is 1.20 bits per heavy atom. The minimum Gasteiger partial charge on any atom is -0.480 e. The predicted octanol–water partition coefficient (Wildman–Crippen LogP) is 3.00. The van der Waals surface area contributed by atoms with Gasteiger partial charge in [0.05, 0.1) is 24.0 Å². The molecule has 0 unspecified atom stereocenters. The van der Waals surface area contributed by atoms with Gasteiger partial charge in [-0.1, -0.05) is 12.1 Å². The third-order valence-electron chi connectivity index (χ3n) is 5.17. The summed E-state index contributed by atoms with van der Waals surface area (Å²) >= 11 is 0. The number of benzene rings is 2. The molecule has 2 aromatic heterocycles. The van der Waals surface area contributed by atoms with Gasteiger partial charge in [-0.2, -0.15) is 10.4 Å². The topological polar surface area (TPSA) is 152 Å². The van der Waals surface area contributed by atoms with E-state index in [0.717, 1.165) is 30.5 Å². The average molecular weight is 501 g/mol. The molecule has 0 spiro atoms. The van der Waals surface area contributed by atoms with E-state index in [1.165, 1.54) is 13.2 Å². The molecule has 0 radical (unpaired) electrons. The predicted molar refractivity (Wildman–Crippen MR) is 116 cm³/mol. The highest BCUT2D eigenvalue weighted by atomic mass is 32.2. The fourth-order valence-corrected chi connectivity index (χ4v) is 5.03. The highest BCUT2D eigenvalue weighted by Crippen LogP contribution is 2.35. The number of aromatic nitrogens is 3. The number of fused-ring (bicyclic) bond motifs is 1. The first-order valence-corrected chi connectivity index (χ1v) is 11.3. The summed E-state index contributed by atoms with van der Waals surface area (Å²) < 4.78 is 76.3. The van der Waals surface area contributed by atoms with Crippen molar-refractivity contribution in [3.05, 3.63) is 70.8 Å². The molecule has 0 aliphatic heterocycles. The summed E-state index contributed by atoms with van der Waals surface area (Å²) in [5.74, 6) is -5.80. The molecule has 4 aromatic rings. The molecule has 1 amide bonds. The van der Waals surface area contributed by atoms with Gasteiger partial charge in [-0.3, -0.25) is 9.89 Å². The van der Waals surface area contributed by atoms with Gasteiger partial charge in [0.2, 0.25) is 5.88 Å². The molecular weight excluding hydrogens is 487 g/mol. The van der Waals surface area contributed by atoms with E-state index in [-0.39, 0.29) is 28.0 Å². The van der Waals surface area contributed by atoms with Crippen molar-refractivity contribution >= 4 is 26.6 Å². The van der Waals surface area contributed by atoms with Crippen LogP contribution in [0.4, 0.5) is 13.2 Å². The van der Waals surface area contributed by atoms with E-state index in [1.54, 1.807) is 6.07 Å². The molecule has 178 valence electrons. The molecule has 3 N–H and O–H groups in total. The van der Waals surface area contributed by atoms with Gasteiger partial charge in [0.1, 0.15) is 33.8 Å². The molecule has 9 nitrogen and oxygen atoms in total. The van der Waals surface area contributed by atoms with Gasteiger partial charge in [-0.05, 0) is 18.2 Å². The molecule has 0 aliphatic rings. The number of carbonyl (C=O) groups is 1. The van der Waals surface area contributed by atoms with E-state index >= 15 is 8.78 Å². The molecule has 35 heavy (non-hydrogen) atoms. The lowest BCUT2D eigenvalue weighted by Gasteiger charge is -2.13. The normalized spacial score (nSPS) is 11.4. The molecule has 0 saturated carbocycles. The number of hydrogen-bond acceptors (Lipinski definition) is 7. The second-order valence-electron chi connectivity index (χ2n) is 7.28. The number of hydrogen-bond donors (Lipinski definition) is 2. The van der Waals surface area contributed by atoms with E-state index in [1.807, 2.05) is 0 Å². The number of carbonyl (C=O) groups excluding carboxylic acids is 1. The van der Waals surface area contributed by atoms with Gasteiger partial charge in [0, 0.05) is 22.7 Å². The lowest BCUT2D eigenvalue weighted by Crippen LogP contribution is -2.11. The quantitative estimate of drug-likeness (QED) is 0.412. The number of rotatable bonds is 6. The minimum atomic E-state index is -4.34. The third-order valence-corrected chi connectivity index (χ3v) is 6.83. The first kappa shape index (κ1) is 23.7. The summed E-state index contributed by atoms with van der Waals surface area (Å²) in [5.41, 5.74) is 2.73. The highest BCUT2D eigenvalue weighted by Gasteiger charge is 2.27. The monoisotopic (exact) mass is 501 g/mol. The fourth-order valence-electron chi connectivity index (χ4n) is 3.53. The number of amides is 1. The summed E-state index contributed by atoms with van der Waals surface area (Å²) in [6.45, 7) is 0. The molecule has 0 fully saturated rings. The van der Waals surface area contributed by atoms with Crippen LogP contribution in [-0.2, 0) is 15.6 Å². The number of nitriles is 1. The van der Waals surface area contributed by atoms with Crippen LogP contribution in [0.15, 0.2) is 41.4 Å². The van der Waals surface area contributed by atoms with Crippen molar-refractivity contribution in [3.8, 4) is 23.1 Å². The number of H-pyrrole nitrogens is 1. The Kier molecular flexibility index (Phi) is 5.91. The van der Waals surface area contributed by atoms with Crippen molar-refractivity contribution in [2.75, 3.05) is 7.11 Å². The molecule has 13 heteroatoms. The van der Waals surface area contributed by atoms with E-state index in [4.69, 9.17) is 15.7 Å². The number of sulfone groups is 1. The van der Waals surface area contributed by atoms with Crippen molar-refractivity contribution in [2.24, 2.45) is 5.73 Å². The average Bonchev–Trinajstić information content (AvgIpc) is 3.27. The molecule has 4 rings (SSSR count). The van der Waals surface area contributed by atoms with Crippen LogP contribution in [0.25, 0.3) is 22.0 Å². The van der Waals surface area contributed by atoms with E-state index in [9.17, 15) is 17.6 Å². The lowest BCUT2D eigenvalue weighted by molar-refractivity contribution is 0.0997. The van der Waals surface area contributed by atoms with Crippen molar-refractivity contribution in [3.63, 3.8) is 0 Å². The second-order valence-corrected chi connectivity index (χ2v) is 9.24. The van der Waals surface area contributed by atoms with Crippen molar-refractivity contribution in [1.29, 1.82) is 5.26 Å². The number of nitrogens with one attached hydrogen (secondary N) is 1. The summed E-state index contributed by atoms with van der Waals surface area (Å²) in [7, 11) is -3.17. The third kappa shape index (κ3) is 4.04.